The molecule has 2 amide bonds. The van der Waals surface area contributed by atoms with Crippen LogP contribution in [0.25, 0.3) is 0 Å². The summed E-state index contributed by atoms with van der Waals surface area (Å²) in [6.07, 6.45) is 1.40. The Morgan fingerprint density at radius 3 is 2.97 bits per heavy atom. The molecular formula is C16H14N6O5S2. The minimum Gasteiger partial charge on any atom is -0.477 e. The molecule has 13 heteroatoms. The zero-order chi connectivity index (χ0) is 21.1. The van der Waals surface area contributed by atoms with Gasteiger partial charge < -0.3 is 21.0 Å². The highest BCUT2D eigenvalue weighted by molar-refractivity contribution is 8.00. The number of carboxylic acid groups (broad SMARTS) is 1. The van der Waals surface area contributed by atoms with Crippen LogP contribution < -0.4 is 11.1 Å². The monoisotopic (exact) mass is 434 g/mol. The largest absolute Gasteiger partial charge is 0.477 e. The normalized spacial score (nSPS) is 21.0. The number of nitrogens with one attached hydrogen (secondary N) is 1. The molecular weight excluding hydrogens is 420 g/mol. The van der Waals surface area contributed by atoms with Gasteiger partial charge >= 0.3 is 5.97 Å². The van der Waals surface area contributed by atoms with Crippen LogP contribution in [-0.4, -0.2) is 62.3 Å². The predicted octanol–water partition coefficient (Wildman–Crippen LogP) is -0.106. The standard InChI is InChI=1S/C16H14N6O5S2/c1-2-7-5-28-14-10(13(24)22(14)11(7)15(25)26)20-12(23)9(21-27-4-3-17)8-6-29-16(18)19-8/h2,6,10,14H,1,4-5H2,(H2,18,19)(H,20,23)(H,25,26)/t10?,14-/m0/s1. The Bertz CT molecular complexity index is 994. The number of carboxylic acids is 1. The summed E-state index contributed by atoms with van der Waals surface area (Å²) >= 11 is 2.38. The number of hydrogen-bond donors (Lipinski definition) is 3. The Labute approximate surface area is 172 Å². The van der Waals surface area contributed by atoms with Crippen molar-refractivity contribution in [2.75, 3.05) is 18.1 Å². The van der Waals surface area contributed by atoms with Crippen molar-refractivity contribution < 1.29 is 24.3 Å². The van der Waals surface area contributed by atoms with Crippen molar-refractivity contribution >= 4 is 51.7 Å². The fraction of sp³-hybridized carbons (Fsp3) is 0.250. The lowest BCUT2D eigenvalue weighted by atomic mass is 10.0. The van der Waals surface area contributed by atoms with E-state index in [1.165, 1.54) is 23.2 Å². The van der Waals surface area contributed by atoms with Gasteiger partial charge in [0.2, 0.25) is 6.61 Å². The number of thioether (sulfide) groups is 1. The number of nitrogens with zero attached hydrogens (tertiary/aromatic N) is 4. The maximum Gasteiger partial charge on any atom is 0.352 e. The molecule has 0 saturated carbocycles. The summed E-state index contributed by atoms with van der Waals surface area (Å²) in [5.41, 5.74) is 5.75. The second-order valence-electron chi connectivity index (χ2n) is 5.69. The average Bonchev–Trinajstić information content (AvgIpc) is 3.13. The third-order valence-electron chi connectivity index (χ3n) is 4.00. The van der Waals surface area contributed by atoms with Crippen molar-refractivity contribution in [1.82, 2.24) is 15.2 Å². The molecule has 150 valence electrons. The highest BCUT2D eigenvalue weighted by atomic mass is 32.2. The molecule has 2 aliphatic heterocycles. The number of allylic oxidation sites excluding steroid dienone is 1. The molecule has 3 heterocycles. The van der Waals surface area contributed by atoms with Gasteiger partial charge in [0.05, 0.1) is 0 Å². The number of fused-ring (bicyclic) bond motifs is 1. The Balaban J connectivity index is 1.80. The van der Waals surface area contributed by atoms with Crippen molar-refractivity contribution in [3.05, 3.63) is 35.0 Å². The van der Waals surface area contributed by atoms with Gasteiger partial charge in [0.25, 0.3) is 11.8 Å². The van der Waals surface area contributed by atoms with E-state index in [1.807, 2.05) is 0 Å². The van der Waals surface area contributed by atoms with Crippen LogP contribution in [0.1, 0.15) is 5.69 Å². The lowest BCUT2D eigenvalue weighted by Crippen LogP contribution is -2.71. The zero-order valence-electron chi connectivity index (χ0n) is 14.7. The Hall–Kier alpha value is -3.37. The number of aromatic nitrogens is 1. The van der Waals surface area contributed by atoms with Crippen LogP contribution in [0, 0.1) is 11.3 Å². The number of carbonyl (C=O) groups is 3. The number of nitrogens with two attached hydrogens (primary N) is 1. The second-order valence-corrected chi connectivity index (χ2v) is 7.68. The van der Waals surface area contributed by atoms with Gasteiger partial charge in [-0.15, -0.1) is 23.1 Å². The lowest BCUT2D eigenvalue weighted by Gasteiger charge is -2.49. The molecule has 1 saturated heterocycles. The minimum atomic E-state index is -1.24. The number of amides is 2. The molecule has 0 radical (unpaired) electrons. The number of hydrogen-bond acceptors (Lipinski definition) is 10. The van der Waals surface area contributed by atoms with E-state index in [2.05, 4.69) is 22.0 Å². The van der Waals surface area contributed by atoms with E-state index in [9.17, 15) is 19.5 Å². The summed E-state index contributed by atoms with van der Waals surface area (Å²) in [7, 11) is 0. The van der Waals surface area contributed by atoms with E-state index in [0.29, 0.717) is 11.3 Å². The molecule has 0 spiro atoms. The molecule has 4 N–H and O–H groups in total. The maximum atomic E-state index is 12.7. The number of nitrogen functional groups attached to an aromatic ring is 1. The Morgan fingerprint density at radius 2 is 2.38 bits per heavy atom. The van der Waals surface area contributed by atoms with E-state index in [0.717, 1.165) is 16.2 Å². The van der Waals surface area contributed by atoms with Crippen LogP contribution in [0.3, 0.4) is 0 Å². The smallest absolute Gasteiger partial charge is 0.352 e. The molecule has 3 rings (SSSR count). The van der Waals surface area contributed by atoms with E-state index >= 15 is 0 Å². The van der Waals surface area contributed by atoms with E-state index in [4.69, 9.17) is 15.8 Å². The number of anilines is 1. The van der Waals surface area contributed by atoms with Crippen molar-refractivity contribution in [3.8, 4) is 6.07 Å². The summed E-state index contributed by atoms with van der Waals surface area (Å²) < 4.78 is 0. The number of aliphatic carboxylic acids is 1. The third-order valence-corrected chi connectivity index (χ3v) is 5.97. The van der Waals surface area contributed by atoms with Gasteiger partial charge in [0.1, 0.15) is 28.9 Å². The van der Waals surface area contributed by atoms with Gasteiger partial charge in [-0.25, -0.2) is 9.78 Å². The number of β-lactam (4-membered cyclic amide) rings is 1. The molecule has 29 heavy (non-hydrogen) atoms. The van der Waals surface area contributed by atoms with Crippen LogP contribution in [0.15, 0.2) is 34.5 Å². The molecule has 0 aromatic carbocycles. The average molecular weight is 434 g/mol. The van der Waals surface area contributed by atoms with E-state index in [-0.39, 0.29) is 28.8 Å². The van der Waals surface area contributed by atoms with Crippen LogP contribution in [0.5, 0.6) is 0 Å². The molecule has 2 aliphatic rings. The zero-order valence-corrected chi connectivity index (χ0v) is 16.3. The molecule has 1 unspecified atom stereocenters. The SMILES string of the molecule is C=CC1=C(C(=O)O)N2C(=O)C(NC(=O)C(=NOCC#N)c3csc(N)n3)[C@@H]2SC1. The first-order valence-electron chi connectivity index (χ1n) is 8.01. The number of rotatable bonds is 7. The fourth-order valence-electron chi connectivity index (χ4n) is 2.74. The topological polar surface area (TPSA) is 171 Å². The quantitative estimate of drug-likeness (QED) is 0.229. The first-order valence-corrected chi connectivity index (χ1v) is 9.94. The van der Waals surface area contributed by atoms with Crippen molar-refractivity contribution in [2.45, 2.75) is 11.4 Å². The molecule has 1 fully saturated rings. The van der Waals surface area contributed by atoms with Gasteiger partial charge in [-0.1, -0.05) is 17.8 Å². The van der Waals surface area contributed by atoms with Crippen LogP contribution >= 0.6 is 23.1 Å². The van der Waals surface area contributed by atoms with Crippen LogP contribution in [0.4, 0.5) is 5.13 Å². The summed E-state index contributed by atoms with van der Waals surface area (Å²) in [5, 5.41) is 25.3. The van der Waals surface area contributed by atoms with Gasteiger partial charge in [0.15, 0.2) is 10.8 Å². The van der Waals surface area contributed by atoms with Gasteiger partial charge in [-0.05, 0) is 5.57 Å². The van der Waals surface area contributed by atoms with Crippen LogP contribution in [0.2, 0.25) is 0 Å². The summed E-state index contributed by atoms with van der Waals surface area (Å²) in [6.45, 7) is 3.19. The summed E-state index contributed by atoms with van der Waals surface area (Å²) in [5.74, 6) is -2.24. The lowest BCUT2D eigenvalue weighted by molar-refractivity contribution is -0.150. The molecule has 1 aromatic heterocycles. The van der Waals surface area contributed by atoms with Gasteiger partial charge in [-0.2, -0.15) is 5.26 Å². The first kappa shape index (κ1) is 20.4. The number of oxime groups is 1. The molecule has 0 bridgehead atoms. The predicted molar refractivity (Wildman–Crippen MR) is 105 cm³/mol. The van der Waals surface area contributed by atoms with E-state index < -0.39 is 29.2 Å². The van der Waals surface area contributed by atoms with Crippen molar-refractivity contribution in [2.24, 2.45) is 5.16 Å². The fourth-order valence-corrected chi connectivity index (χ4v) is 4.62. The summed E-state index contributed by atoms with van der Waals surface area (Å²) in [6, 6.07) is 0.761. The minimum absolute atomic E-state index is 0.128. The number of carbonyl (C=O) groups excluding carboxylic acids is 2. The number of nitriles is 1. The van der Waals surface area contributed by atoms with Crippen molar-refractivity contribution in [3.63, 3.8) is 0 Å². The van der Waals surface area contributed by atoms with Crippen LogP contribution in [-0.2, 0) is 19.2 Å². The number of thiazole rings is 1. The Kier molecular flexibility index (Phi) is 5.85. The maximum absolute atomic E-state index is 12.7. The molecule has 11 nitrogen and oxygen atoms in total. The molecule has 1 aromatic rings. The van der Waals surface area contributed by atoms with E-state index in [1.54, 1.807) is 6.07 Å². The summed E-state index contributed by atoms with van der Waals surface area (Å²) in [4.78, 5) is 46.7. The first-order chi connectivity index (χ1) is 13.9. The van der Waals surface area contributed by atoms with Gasteiger partial charge in [0, 0.05) is 11.1 Å². The van der Waals surface area contributed by atoms with Crippen molar-refractivity contribution in [1.29, 1.82) is 5.26 Å². The molecule has 2 atom stereocenters. The third kappa shape index (κ3) is 3.80. The second kappa shape index (κ2) is 8.33. The van der Waals surface area contributed by atoms with Gasteiger partial charge in [-0.3, -0.25) is 14.5 Å². The Morgan fingerprint density at radius 1 is 1.62 bits per heavy atom. The highest BCUT2D eigenvalue weighted by Gasteiger charge is 2.54. The molecule has 0 aliphatic carbocycles. The highest BCUT2D eigenvalue weighted by Crippen LogP contribution is 2.40.